The van der Waals surface area contributed by atoms with E-state index in [1.165, 1.54) is 19.2 Å². The second-order valence-corrected chi connectivity index (χ2v) is 8.82. The Kier molecular flexibility index (Phi) is 5.14. The molecule has 4 aromatic rings. The van der Waals surface area contributed by atoms with E-state index in [0.29, 0.717) is 41.5 Å². The van der Waals surface area contributed by atoms with Crippen LogP contribution < -0.4 is 15.9 Å². The number of rotatable bonds is 3. The number of ether oxygens (including phenoxy) is 1. The summed E-state index contributed by atoms with van der Waals surface area (Å²) in [4.78, 5) is 25.3. The lowest BCUT2D eigenvalue weighted by molar-refractivity contribution is 0.112. The quantitative estimate of drug-likeness (QED) is 0.239. The van der Waals surface area contributed by atoms with Crippen LogP contribution in [0.15, 0.2) is 33.1 Å². The molecule has 8 nitrogen and oxygen atoms in total. The topological polar surface area (TPSA) is 143 Å². The van der Waals surface area contributed by atoms with Crippen molar-refractivity contribution in [3.63, 3.8) is 0 Å². The third kappa shape index (κ3) is 3.14. The fourth-order valence-electron chi connectivity index (χ4n) is 4.82. The van der Waals surface area contributed by atoms with Crippen molar-refractivity contribution in [2.75, 3.05) is 7.11 Å². The molecule has 0 saturated carbocycles. The summed E-state index contributed by atoms with van der Waals surface area (Å²) in [6, 6.07) is 4.47. The Morgan fingerprint density at radius 2 is 1.86 bits per heavy atom. The summed E-state index contributed by atoms with van der Waals surface area (Å²) in [6.07, 6.45) is 2.92. The number of aldehydes is 1. The highest BCUT2D eigenvalue weighted by Crippen LogP contribution is 2.52. The number of aryl methyl sites for hydroxylation is 1. The van der Waals surface area contributed by atoms with E-state index in [-0.39, 0.29) is 55.2 Å². The van der Waals surface area contributed by atoms with Crippen LogP contribution in [0.2, 0.25) is 5.02 Å². The third-order valence-corrected chi connectivity index (χ3v) is 6.60. The smallest absolute Gasteiger partial charge is 0.204 e. The Morgan fingerprint density at radius 3 is 2.51 bits per heavy atom. The van der Waals surface area contributed by atoms with Crippen molar-refractivity contribution in [2.45, 2.75) is 19.8 Å². The van der Waals surface area contributed by atoms with Crippen LogP contribution in [0.4, 0.5) is 0 Å². The Morgan fingerprint density at radius 1 is 1.11 bits per heavy atom. The Bertz CT molecular complexity index is 1680. The van der Waals surface area contributed by atoms with E-state index in [1.54, 1.807) is 19.1 Å². The van der Waals surface area contributed by atoms with Crippen LogP contribution in [0.3, 0.4) is 0 Å². The maximum atomic E-state index is 13.5. The molecular formula is C26H20ClNO7. The predicted molar refractivity (Wildman–Crippen MR) is 133 cm³/mol. The van der Waals surface area contributed by atoms with Crippen LogP contribution in [0.25, 0.3) is 39.1 Å². The standard InChI is InChI=1S/C26H20ClNO7/c1-10(28)7-12-8-11-3-4-13-18(17(11)21(31)15(12)9-29)23(33)19-20(30)14-5-6-16(27)22(32)24(14)35-26(19)25(13)34-2/h5-9,31-33H,3-4,28H2,1-2H3/b10-7-. The first-order chi connectivity index (χ1) is 16.7. The summed E-state index contributed by atoms with van der Waals surface area (Å²) >= 11 is 6.00. The van der Waals surface area contributed by atoms with Crippen molar-refractivity contribution in [3.05, 3.63) is 61.4 Å². The van der Waals surface area contributed by atoms with Gasteiger partial charge in [0.1, 0.15) is 16.9 Å². The number of benzene rings is 3. The lowest BCUT2D eigenvalue weighted by Crippen LogP contribution is -2.12. The Hall–Kier alpha value is -4.17. The van der Waals surface area contributed by atoms with Gasteiger partial charge in [-0.25, -0.2) is 0 Å². The lowest BCUT2D eigenvalue weighted by Gasteiger charge is -2.26. The largest absolute Gasteiger partial charge is 0.507 e. The van der Waals surface area contributed by atoms with Crippen LogP contribution >= 0.6 is 11.6 Å². The molecule has 0 unspecified atom stereocenters. The molecule has 9 heteroatoms. The van der Waals surface area contributed by atoms with Crippen molar-refractivity contribution in [1.29, 1.82) is 0 Å². The number of halogens is 1. The molecule has 0 fully saturated rings. The molecule has 0 radical (unpaired) electrons. The molecule has 0 atom stereocenters. The van der Waals surface area contributed by atoms with Crippen LogP contribution in [-0.4, -0.2) is 28.7 Å². The molecule has 0 bridgehead atoms. The Balaban J connectivity index is 1.97. The lowest BCUT2D eigenvalue weighted by atomic mass is 9.80. The molecule has 5 N–H and O–H groups in total. The normalized spacial score (nSPS) is 13.1. The number of carbonyl (C=O) groups excluding carboxylic acids is 1. The van der Waals surface area contributed by atoms with Crippen molar-refractivity contribution >= 4 is 45.9 Å². The van der Waals surface area contributed by atoms with E-state index in [1.807, 2.05) is 0 Å². The van der Waals surface area contributed by atoms with E-state index in [9.17, 15) is 24.9 Å². The number of nitrogens with two attached hydrogens (primary N) is 1. The zero-order chi connectivity index (χ0) is 25.2. The van der Waals surface area contributed by atoms with Gasteiger partial charge in [-0.1, -0.05) is 17.7 Å². The van der Waals surface area contributed by atoms with Crippen LogP contribution in [0.1, 0.15) is 34.0 Å². The van der Waals surface area contributed by atoms with E-state index in [2.05, 4.69) is 0 Å². The number of phenolic OH excluding ortho intramolecular Hbond substituents is 3. The summed E-state index contributed by atoms with van der Waals surface area (Å²) < 4.78 is 11.5. The summed E-state index contributed by atoms with van der Waals surface area (Å²) in [7, 11) is 1.39. The van der Waals surface area contributed by atoms with E-state index < -0.39 is 16.9 Å². The maximum absolute atomic E-state index is 13.5. The summed E-state index contributed by atoms with van der Waals surface area (Å²) in [5, 5.41) is 32.7. The molecule has 3 aromatic carbocycles. The summed E-state index contributed by atoms with van der Waals surface area (Å²) in [5.41, 5.74) is 7.45. The predicted octanol–water partition coefficient (Wildman–Crippen LogP) is 4.62. The van der Waals surface area contributed by atoms with Gasteiger partial charge >= 0.3 is 0 Å². The van der Waals surface area contributed by atoms with E-state index in [0.717, 1.165) is 0 Å². The van der Waals surface area contributed by atoms with Crippen molar-refractivity contribution in [3.8, 4) is 34.1 Å². The second-order valence-electron chi connectivity index (χ2n) is 8.41. The number of hydrogen-bond acceptors (Lipinski definition) is 8. The molecule has 0 amide bonds. The van der Waals surface area contributed by atoms with Crippen molar-refractivity contribution < 1.29 is 29.3 Å². The molecule has 1 aromatic heterocycles. The van der Waals surface area contributed by atoms with Gasteiger partial charge in [0.15, 0.2) is 29.0 Å². The molecule has 1 aliphatic carbocycles. The van der Waals surface area contributed by atoms with Gasteiger partial charge in [0, 0.05) is 22.4 Å². The highest BCUT2D eigenvalue weighted by Gasteiger charge is 2.32. The number of allylic oxidation sites excluding steroid dienone is 1. The van der Waals surface area contributed by atoms with Gasteiger partial charge < -0.3 is 30.2 Å². The SMILES string of the molecule is COc1c2c(c(O)c3c(=O)c4ccc(Cl)c(O)c4oc13)-c1c(cc(/C=C(/C)N)c(C=O)c1O)CC2. The number of hydrogen-bond donors (Lipinski definition) is 4. The van der Waals surface area contributed by atoms with Gasteiger partial charge in [-0.2, -0.15) is 0 Å². The van der Waals surface area contributed by atoms with Gasteiger partial charge in [0.05, 0.1) is 23.1 Å². The van der Waals surface area contributed by atoms with Gasteiger partial charge in [0.2, 0.25) is 5.43 Å². The molecule has 1 heterocycles. The number of aromatic hydroxyl groups is 3. The van der Waals surface area contributed by atoms with Crippen LogP contribution in [0, 0.1) is 0 Å². The molecule has 5 rings (SSSR count). The zero-order valence-corrected chi connectivity index (χ0v) is 19.5. The average molecular weight is 494 g/mol. The number of fused-ring (bicyclic) bond motifs is 5. The summed E-state index contributed by atoms with van der Waals surface area (Å²) in [6.45, 7) is 1.66. The fraction of sp³-hybridized carbons (Fsp3) is 0.154. The van der Waals surface area contributed by atoms with Gasteiger partial charge in [-0.3, -0.25) is 9.59 Å². The zero-order valence-electron chi connectivity index (χ0n) is 18.7. The van der Waals surface area contributed by atoms with Gasteiger partial charge in [-0.15, -0.1) is 0 Å². The van der Waals surface area contributed by atoms with Gasteiger partial charge in [0.25, 0.3) is 0 Å². The minimum Gasteiger partial charge on any atom is -0.507 e. The number of methoxy groups -OCH3 is 1. The van der Waals surface area contributed by atoms with Crippen LogP contribution in [-0.2, 0) is 12.8 Å². The summed E-state index contributed by atoms with van der Waals surface area (Å²) in [5.74, 6) is -0.993. The first kappa shape index (κ1) is 22.6. The van der Waals surface area contributed by atoms with Gasteiger partial charge in [-0.05, 0) is 49.1 Å². The fourth-order valence-corrected chi connectivity index (χ4v) is 4.97. The number of carbonyl (C=O) groups is 1. The molecule has 0 aliphatic heterocycles. The minimum absolute atomic E-state index is 0.000962. The van der Waals surface area contributed by atoms with Crippen LogP contribution in [0.5, 0.6) is 23.0 Å². The Labute approximate surface area is 203 Å². The second kappa shape index (κ2) is 7.95. The molecule has 0 spiro atoms. The highest BCUT2D eigenvalue weighted by molar-refractivity contribution is 6.33. The third-order valence-electron chi connectivity index (χ3n) is 6.29. The minimum atomic E-state index is -0.618. The maximum Gasteiger partial charge on any atom is 0.204 e. The molecule has 35 heavy (non-hydrogen) atoms. The van der Waals surface area contributed by atoms with E-state index in [4.69, 9.17) is 26.5 Å². The van der Waals surface area contributed by atoms with E-state index >= 15 is 0 Å². The monoisotopic (exact) mass is 493 g/mol. The molecule has 178 valence electrons. The van der Waals surface area contributed by atoms with Crippen molar-refractivity contribution in [1.82, 2.24) is 0 Å². The molecular weight excluding hydrogens is 474 g/mol. The molecule has 0 saturated heterocycles. The first-order valence-electron chi connectivity index (χ1n) is 10.7. The molecule has 1 aliphatic rings. The van der Waals surface area contributed by atoms with Crippen molar-refractivity contribution in [2.24, 2.45) is 5.73 Å². The average Bonchev–Trinajstić information content (AvgIpc) is 2.81. The highest BCUT2D eigenvalue weighted by atomic mass is 35.5. The first-order valence-corrected chi connectivity index (χ1v) is 11.0. The number of phenols is 3.